The first kappa shape index (κ1) is 13.7. The topological polar surface area (TPSA) is 26.3 Å². The number of rotatable bonds is 4. The molecule has 1 aromatic carbocycles. The van der Waals surface area contributed by atoms with Crippen LogP contribution in [0.2, 0.25) is 0 Å². The number of methoxy groups -OCH3 is 1. The Hall–Kier alpha value is -1.38. The van der Waals surface area contributed by atoms with Gasteiger partial charge >= 0.3 is 0 Å². The number of halogens is 1. The molecule has 94 valence electrons. The van der Waals surface area contributed by atoms with Gasteiger partial charge in [0.2, 0.25) is 0 Å². The van der Waals surface area contributed by atoms with Gasteiger partial charge in [-0.2, -0.15) is 0 Å². The van der Waals surface area contributed by atoms with Gasteiger partial charge in [0, 0.05) is 11.8 Å². The average molecular weight is 238 g/mol. The zero-order chi connectivity index (χ0) is 13.1. The Morgan fingerprint density at radius 2 is 2.00 bits per heavy atom. The predicted molar refractivity (Wildman–Crippen MR) is 65.7 cm³/mol. The van der Waals surface area contributed by atoms with E-state index in [0.29, 0.717) is 12.8 Å². The number of ketones is 1. The van der Waals surface area contributed by atoms with Crippen LogP contribution in [0.3, 0.4) is 0 Å². The molecule has 0 saturated heterocycles. The second-order valence-corrected chi connectivity index (χ2v) is 5.14. The number of Topliss-reactive ketones (excluding diaryl/α,β-unsaturated/α-hetero) is 1. The lowest BCUT2D eigenvalue weighted by Gasteiger charge is -2.16. The number of hydrogen-bond donors (Lipinski definition) is 0. The van der Waals surface area contributed by atoms with E-state index in [1.54, 1.807) is 12.1 Å². The summed E-state index contributed by atoms with van der Waals surface area (Å²) in [4.78, 5) is 11.7. The third-order valence-electron chi connectivity index (χ3n) is 2.69. The van der Waals surface area contributed by atoms with Crippen molar-refractivity contribution in [3.63, 3.8) is 0 Å². The highest BCUT2D eigenvalue weighted by Gasteiger charge is 2.20. The molecule has 1 aromatic rings. The van der Waals surface area contributed by atoms with E-state index in [4.69, 9.17) is 4.74 Å². The van der Waals surface area contributed by atoms with Crippen molar-refractivity contribution in [2.75, 3.05) is 7.11 Å². The van der Waals surface area contributed by atoms with Crippen LogP contribution in [0.25, 0.3) is 0 Å². The van der Waals surface area contributed by atoms with Crippen molar-refractivity contribution in [1.82, 2.24) is 0 Å². The van der Waals surface area contributed by atoms with Gasteiger partial charge in [0.05, 0.1) is 7.11 Å². The minimum atomic E-state index is -0.381. The maximum Gasteiger partial charge on any atom is 0.165 e. The third kappa shape index (κ3) is 3.84. The number of hydrogen-bond acceptors (Lipinski definition) is 2. The molecule has 0 aromatic heterocycles. The Bertz CT molecular complexity index is 405. The summed E-state index contributed by atoms with van der Waals surface area (Å²) in [6, 6.07) is 4.80. The fourth-order valence-corrected chi connectivity index (χ4v) is 1.50. The predicted octanol–water partition coefficient (Wildman–Crippen LogP) is 3.38. The molecule has 0 N–H and O–H groups in total. The van der Waals surface area contributed by atoms with E-state index in [1.165, 1.54) is 13.2 Å². The van der Waals surface area contributed by atoms with Crippen molar-refractivity contribution in [2.45, 2.75) is 33.6 Å². The largest absolute Gasteiger partial charge is 0.494 e. The first-order valence-electron chi connectivity index (χ1n) is 5.70. The highest BCUT2D eigenvalue weighted by molar-refractivity contribution is 5.83. The number of carbonyl (C=O) groups excluding carboxylic acids is 1. The van der Waals surface area contributed by atoms with Crippen LogP contribution in [0.5, 0.6) is 5.75 Å². The molecule has 0 heterocycles. The highest BCUT2D eigenvalue weighted by atomic mass is 19.1. The minimum Gasteiger partial charge on any atom is -0.494 e. The number of ether oxygens (including phenoxy) is 1. The molecule has 0 spiro atoms. The van der Waals surface area contributed by atoms with E-state index < -0.39 is 0 Å². The highest BCUT2D eigenvalue weighted by Crippen LogP contribution is 2.21. The molecule has 2 nitrogen and oxygen atoms in total. The van der Waals surface area contributed by atoms with E-state index in [2.05, 4.69) is 0 Å². The van der Waals surface area contributed by atoms with Gasteiger partial charge in [-0.1, -0.05) is 26.8 Å². The zero-order valence-corrected chi connectivity index (χ0v) is 10.8. The Kier molecular flexibility index (Phi) is 4.27. The average Bonchev–Trinajstić information content (AvgIpc) is 2.24. The van der Waals surface area contributed by atoms with Crippen LogP contribution in [0.15, 0.2) is 18.2 Å². The summed E-state index contributed by atoms with van der Waals surface area (Å²) >= 11 is 0. The molecule has 0 aliphatic heterocycles. The van der Waals surface area contributed by atoms with Crippen LogP contribution in [0.1, 0.15) is 32.8 Å². The molecule has 0 fully saturated rings. The SMILES string of the molecule is COc1ccc(CCC(=O)C(C)(C)C)cc1F. The van der Waals surface area contributed by atoms with Gasteiger partial charge in [-0.25, -0.2) is 4.39 Å². The molecule has 0 aliphatic carbocycles. The molecule has 0 aliphatic rings. The molecule has 0 radical (unpaired) electrons. The van der Waals surface area contributed by atoms with E-state index >= 15 is 0 Å². The van der Waals surface area contributed by atoms with Gasteiger partial charge in [0.25, 0.3) is 0 Å². The molecule has 0 unspecified atom stereocenters. The summed E-state index contributed by atoms with van der Waals surface area (Å²) in [5, 5.41) is 0. The van der Waals surface area contributed by atoms with Crippen molar-refractivity contribution in [3.8, 4) is 5.75 Å². The smallest absolute Gasteiger partial charge is 0.165 e. The van der Waals surface area contributed by atoms with Gasteiger partial charge < -0.3 is 4.74 Å². The Morgan fingerprint density at radius 1 is 1.35 bits per heavy atom. The first-order chi connectivity index (χ1) is 7.84. The summed E-state index contributed by atoms with van der Waals surface area (Å²) in [6.45, 7) is 5.68. The monoisotopic (exact) mass is 238 g/mol. The second kappa shape index (κ2) is 5.30. The molecular weight excluding hydrogens is 219 g/mol. The lowest BCUT2D eigenvalue weighted by atomic mass is 9.87. The van der Waals surface area contributed by atoms with Crippen LogP contribution >= 0.6 is 0 Å². The van der Waals surface area contributed by atoms with Gasteiger partial charge in [-0.15, -0.1) is 0 Å². The summed E-state index contributed by atoms with van der Waals surface area (Å²) in [5.74, 6) is 0.0397. The summed E-state index contributed by atoms with van der Waals surface area (Å²) in [5.41, 5.74) is 0.492. The van der Waals surface area contributed by atoms with Gasteiger partial charge in [0.15, 0.2) is 11.6 Å². The third-order valence-corrected chi connectivity index (χ3v) is 2.69. The van der Waals surface area contributed by atoms with Crippen LogP contribution in [0, 0.1) is 11.2 Å². The standard InChI is InChI=1S/C14H19FO2/c1-14(2,3)13(16)8-6-10-5-7-12(17-4)11(15)9-10/h5,7,9H,6,8H2,1-4H3. The van der Waals surface area contributed by atoms with Crippen LogP contribution in [-0.2, 0) is 11.2 Å². The van der Waals surface area contributed by atoms with E-state index in [-0.39, 0.29) is 22.8 Å². The maximum atomic E-state index is 13.4. The van der Waals surface area contributed by atoms with Gasteiger partial charge in [-0.05, 0) is 24.1 Å². The Morgan fingerprint density at radius 3 is 2.47 bits per heavy atom. The fraction of sp³-hybridized carbons (Fsp3) is 0.500. The zero-order valence-electron chi connectivity index (χ0n) is 10.8. The summed E-state index contributed by atoms with van der Waals surface area (Å²) in [7, 11) is 1.43. The lowest BCUT2D eigenvalue weighted by Crippen LogP contribution is -2.20. The summed E-state index contributed by atoms with van der Waals surface area (Å²) in [6.07, 6.45) is 1.01. The Labute approximate surface area is 102 Å². The number of aryl methyl sites for hydroxylation is 1. The maximum absolute atomic E-state index is 13.4. The molecule has 0 amide bonds. The lowest BCUT2D eigenvalue weighted by molar-refractivity contribution is -0.126. The Balaban J connectivity index is 2.65. The molecule has 0 saturated carbocycles. The van der Waals surface area contributed by atoms with Gasteiger partial charge in [-0.3, -0.25) is 4.79 Å². The quantitative estimate of drug-likeness (QED) is 0.803. The van der Waals surface area contributed by atoms with Crippen LogP contribution in [0.4, 0.5) is 4.39 Å². The van der Waals surface area contributed by atoms with Crippen molar-refractivity contribution in [3.05, 3.63) is 29.6 Å². The molecule has 0 bridgehead atoms. The number of benzene rings is 1. The van der Waals surface area contributed by atoms with Gasteiger partial charge in [0.1, 0.15) is 5.78 Å². The molecule has 3 heteroatoms. The molecular formula is C14H19FO2. The summed E-state index contributed by atoms with van der Waals surface area (Å²) < 4.78 is 18.2. The van der Waals surface area contributed by atoms with E-state index in [0.717, 1.165) is 5.56 Å². The molecule has 17 heavy (non-hydrogen) atoms. The first-order valence-corrected chi connectivity index (χ1v) is 5.70. The van der Waals surface area contributed by atoms with Crippen LogP contribution < -0.4 is 4.74 Å². The fourth-order valence-electron chi connectivity index (χ4n) is 1.50. The molecule has 0 atom stereocenters. The molecule has 1 rings (SSSR count). The van der Waals surface area contributed by atoms with Crippen molar-refractivity contribution in [2.24, 2.45) is 5.41 Å². The van der Waals surface area contributed by atoms with Crippen molar-refractivity contribution < 1.29 is 13.9 Å². The normalized spacial score (nSPS) is 11.4. The number of carbonyl (C=O) groups is 1. The van der Waals surface area contributed by atoms with Crippen molar-refractivity contribution in [1.29, 1.82) is 0 Å². The van der Waals surface area contributed by atoms with Crippen molar-refractivity contribution >= 4 is 5.78 Å². The minimum absolute atomic E-state index is 0.189. The van der Waals surface area contributed by atoms with E-state index in [1.807, 2.05) is 20.8 Å². The van der Waals surface area contributed by atoms with Crippen LogP contribution in [-0.4, -0.2) is 12.9 Å². The van der Waals surface area contributed by atoms with E-state index in [9.17, 15) is 9.18 Å². The second-order valence-electron chi connectivity index (χ2n) is 5.14.